The molecule has 0 amide bonds. The lowest BCUT2D eigenvalue weighted by Gasteiger charge is -2.45. The average Bonchev–Trinajstić information content (AvgIpc) is 2.01. The van der Waals surface area contributed by atoms with Crippen molar-refractivity contribution in [3.05, 3.63) is 18.1 Å². The second kappa shape index (κ2) is 2.67. The molecule has 0 aromatic carbocycles. The summed E-state index contributed by atoms with van der Waals surface area (Å²) in [6.07, 6.45) is 3.35. The zero-order valence-electron chi connectivity index (χ0n) is 7.86. The van der Waals surface area contributed by atoms with E-state index < -0.39 is 5.60 Å². The van der Waals surface area contributed by atoms with Gasteiger partial charge < -0.3 is 10.0 Å². The molecule has 1 fully saturated rings. The van der Waals surface area contributed by atoms with Crippen LogP contribution in [0.15, 0.2) is 12.4 Å². The Morgan fingerprint density at radius 1 is 1.38 bits per heavy atom. The normalized spacial score (nSPS) is 19.8. The number of hydrogen-bond acceptors (Lipinski definition) is 4. The first-order chi connectivity index (χ1) is 6.08. The first-order valence-electron chi connectivity index (χ1n) is 4.33. The van der Waals surface area contributed by atoms with E-state index in [0.717, 1.165) is 11.5 Å². The van der Waals surface area contributed by atoms with Crippen molar-refractivity contribution in [2.45, 2.75) is 19.4 Å². The van der Waals surface area contributed by atoms with Gasteiger partial charge in [0.15, 0.2) is 0 Å². The minimum atomic E-state index is -0.552. The maximum atomic E-state index is 9.55. The van der Waals surface area contributed by atoms with Crippen molar-refractivity contribution < 1.29 is 5.11 Å². The highest BCUT2D eigenvalue weighted by Gasteiger charge is 2.37. The first-order valence-corrected chi connectivity index (χ1v) is 4.33. The summed E-state index contributed by atoms with van der Waals surface area (Å²) < 4.78 is 0. The van der Waals surface area contributed by atoms with Crippen molar-refractivity contribution in [1.82, 2.24) is 9.97 Å². The third-order valence-electron chi connectivity index (χ3n) is 2.22. The molecule has 0 bridgehead atoms. The SMILES string of the molecule is Cc1nccnc1N1CC(C)(O)C1. The van der Waals surface area contributed by atoms with E-state index in [4.69, 9.17) is 0 Å². The number of aromatic nitrogens is 2. The van der Waals surface area contributed by atoms with Gasteiger partial charge in [0.05, 0.1) is 11.3 Å². The Morgan fingerprint density at radius 3 is 2.54 bits per heavy atom. The monoisotopic (exact) mass is 179 g/mol. The average molecular weight is 179 g/mol. The van der Waals surface area contributed by atoms with Crippen molar-refractivity contribution in [2.75, 3.05) is 18.0 Å². The molecule has 4 heteroatoms. The summed E-state index contributed by atoms with van der Waals surface area (Å²) in [6.45, 7) is 5.05. The predicted octanol–water partition coefficient (Wildman–Crippen LogP) is 0.356. The molecule has 2 rings (SSSR count). The third kappa shape index (κ3) is 1.49. The van der Waals surface area contributed by atoms with Gasteiger partial charge in [-0.15, -0.1) is 0 Å². The second-order valence-corrected chi connectivity index (χ2v) is 3.82. The van der Waals surface area contributed by atoms with Crippen LogP contribution in [0, 0.1) is 6.92 Å². The van der Waals surface area contributed by atoms with Gasteiger partial charge in [0.25, 0.3) is 0 Å². The Morgan fingerprint density at radius 2 is 2.00 bits per heavy atom. The van der Waals surface area contributed by atoms with Crippen LogP contribution in [-0.2, 0) is 0 Å². The van der Waals surface area contributed by atoms with Gasteiger partial charge in [-0.3, -0.25) is 4.98 Å². The van der Waals surface area contributed by atoms with Gasteiger partial charge in [0, 0.05) is 25.5 Å². The molecular formula is C9H13N3O. The molecule has 1 saturated heterocycles. The number of rotatable bonds is 1. The molecule has 70 valence electrons. The van der Waals surface area contributed by atoms with Crippen LogP contribution in [0.3, 0.4) is 0 Å². The van der Waals surface area contributed by atoms with Crippen molar-refractivity contribution in [1.29, 1.82) is 0 Å². The predicted molar refractivity (Wildman–Crippen MR) is 49.6 cm³/mol. The molecular weight excluding hydrogens is 166 g/mol. The van der Waals surface area contributed by atoms with E-state index in [9.17, 15) is 5.11 Å². The fourth-order valence-corrected chi connectivity index (χ4v) is 1.64. The van der Waals surface area contributed by atoms with Crippen molar-refractivity contribution >= 4 is 5.82 Å². The summed E-state index contributed by atoms with van der Waals surface area (Å²) >= 11 is 0. The van der Waals surface area contributed by atoms with Crippen LogP contribution in [-0.4, -0.2) is 33.8 Å². The molecule has 4 nitrogen and oxygen atoms in total. The van der Waals surface area contributed by atoms with Gasteiger partial charge in [-0.05, 0) is 13.8 Å². The summed E-state index contributed by atoms with van der Waals surface area (Å²) in [5.74, 6) is 0.883. The van der Waals surface area contributed by atoms with Crippen LogP contribution < -0.4 is 4.90 Å². The Balaban J connectivity index is 2.16. The molecule has 1 aromatic heterocycles. The van der Waals surface area contributed by atoms with Crippen molar-refractivity contribution in [2.24, 2.45) is 0 Å². The number of hydrogen-bond donors (Lipinski definition) is 1. The Labute approximate surface area is 77.2 Å². The van der Waals surface area contributed by atoms with Gasteiger partial charge in [-0.2, -0.15) is 0 Å². The minimum absolute atomic E-state index is 0.552. The summed E-state index contributed by atoms with van der Waals surface area (Å²) in [6, 6.07) is 0. The van der Waals surface area contributed by atoms with Gasteiger partial charge in [-0.1, -0.05) is 0 Å². The van der Waals surface area contributed by atoms with E-state index in [1.165, 1.54) is 0 Å². The number of aliphatic hydroxyl groups is 1. The summed E-state index contributed by atoms with van der Waals surface area (Å²) in [7, 11) is 0. The lowest BCUT2D eigenvalue weighted by atomic mass is 9.97. The van der Waals surface area contributed by atoms with Gasteiger partial charge in [0.1, 0.15) is 5.82 Å². The molecule has 0 aliphatic carbocycles. The molecule has 0 saturated carbocycles. The standard InChI is InChI=1S/C9H13N3O/c1-7-8(11-4-3-10-7)12-5-9(2,13)6-12/h3-4,13H,5-6H2,1-2H3. The van der Waals surface area contributed by atoms with E-state index in [1.54, 1.807) is 12.4 Å². The number of aryl methyl sites for hydroxylation is 1. The fraction of sp³-hybridized carbons (Fsp3) is 0.556. The molecule has 0 spiro atoms. The highest BCUT2D eigenvalue weighted by atomic mass is 16.3. The Kier molecular flexibility index (Phi) is 1.73. The molecule has 13 heavy (non-hydrogen) atoms. The molecule has 2 heterocycles. The van der Waals surface area contributed by atoms with Crippen LogP contribution in [0.1, 0.15) is 12.6 Å². The lowest BCUT2D eigenvalue weighted by molar-refractivity contribution is 0.0304. The number of anilines is 1. The number of β-amino-alcohol motifs (C(OH)–C–C–N with tert-alkyl or cyclic N) is 1. The zero-order valence-corrected chi connectivity index (χ0v) is 7.86. The van der Waals surface area contributed by atoms with Crippen LogP contribution in [0.5, 0.6) is 0 Å². The summed E-state index contributed by atoms with van der Waals surface area (Å²) in [5.41, 5.74) is 0.363. The smallest absolute Gasteiger partial charge is 0.150 e. The van der Waals surface area contributed by atoms with Crippen molar-refractivity contribution in [3.63, 3.8) is 0 Å². The van der Waals surface area contributed by atoms with E-state index in [1.807, 2.05) is 18.7 Å². The second-order valence-electron chi connectivity index (χ2n) is 3.82. The maximum absolute atomic E-state index is 9.55. The van der Waals surface area contributed by atoms with E-state index in [2.05, 4.69) is 9.97 Å². The van der Waals surface area contributed by atoms with Crippen molar-refractivity contribution in [3.8, 4) is 0 Å². The van der Waals surface area contributed by atoms with E-state index in [0.29, 0.717) is 13.1 Å². The Hall–Kier alpha value is -1.16. The highest BCUT2D eigenvalue weighted by molar-refractivity contribution is 5.46. The summed E-state index contributed by atoms with van der Waals surface area (Å²) in [5, 5.41) is 9.55. The van der Waals surface area contributed by atoms with Crippen LogP contribution in [0.4, 0.5) is 5.82 Å². The topological polar surface area (TPSA) is 49.2 Å². The summed E-state index contributed by atoms with van der Waals surface area (Å²) in [4.78, 5) is 10.4. The Bertz CT molecular complexity index is 316. The largest absolute Gasteiger partial charge is 0.386 e. The molecule has 1 aliphatic rings. The molecule has 1 aromatic rings. The third-order valence-corrected chi connectivity index (χ3v) is 2.22. The van der Waals surface area contributed by atoms with Crippen LogP contribution in [0.25, 0.3) is 0 Å². The van der Waals surface area contributed by atoms with Crippen LogP contribution in [0.2, 0.25) is 0 Å². The molecule has 1 aliphatic heterocycles. The lowest BCUT2D eigenvalue weighted by Crippen LogP contribution is -2.60. The first kappa shape index (κ1) is 8.44. The zero-order chi connectivity index (χ0) is 9.47. The minimum Gasteiger partial charge on any atom is -0.386 e. The molecule has 0 unspecified atom stereocenters. The molecule has 0 atom stereocenters. The van der Waals surface area contributed by atoms with E-state index in [-0.39, 0.29) is 0 Å². The van der Waals surface area contributed by atoms with E-state index >= 15 is 0 Å². The van der Waals surface area contributed by atoms with Gasteiger partial charge in [0.2, 0.25) is 0 Å². The number of nitrogens with zero attached hydrogens (tertiary/aromatic N) is 3. The van der Waals surface area contributed by atoms with Gasteiger partial charge in [-0.25, -0.2) is 4.98 Å². The maximum Gasteiger partial charge on any atom is 0.150 e. The highest BCUT2D eigenvalue weighted by Crippen LogP contribution is 2.26. The fourth-order valence-electron chi connectivity index (χ4n) is 1.64. The van der Waals surface area contributed by atoms with Crippen LogP contribution >= 0.6 is 0 Å². The van der Waals surface area contributed by atoms with Gasteiger partial charge >= 0.3 is 0 Å². The quantitative estimate of drug-likeness (QED) is 0.676. The molecule has 0 radical (unpaired) electrons. The molecule has 1 N–H and O–H groups in total.